The number of halogens is 2. The van der Waals surface area contributed by atoms with Crippen molar-refractivity contribution in [2.24, 2.45) is 0 Å². The molecule has 0 N–H and O–H groups in total. The molecule has 17 heavy (non-hydrogen) atoms. The van der Waals surface area contributed by atoms with Crippen LogP contribution in [0, 0.1) is 0 Å². The van der Waals surface area contributed by atoms with Gasteiger partial charge in [0, 0.05) is 5.56 Å². The van der Waals surface area contributed by atoms with E-state index in [1.807, 2.05) is 19.1 Å². The van der Waals surface area contributed by atoms with Crippen molar-refractivity contribution in [3.05, 3.63) is 35.4 Å². The Balaban J connectivity index is 2.57. The van der Waals surface area contributed by atoms with Gasteiger partial charge in [-0.05, 0) is 19.0 Å². The third-order valence-electron chi connectivity index (χ3n) is 2.55. The molecular weight excluding hydrogens is 224 g/mol. The van der Waals surface area contributed by atoms with Gasteiger partial charge in [-0.2, -0.15) is 0 Å². The molecule has 0 bridgehead atoms. The monoisotopic (exact) mass is 241 g/mol. The molecule has 0 atom stereocenters. The highest BCUT2D eigenvalue weighted by Gasteiger charge is 2.12. The number of Topliss-reactive ketones (excluding diaryl/α,β-unsaturated/α-hetero) is 1. The molecular formula is C13H17F2NO. The van der Waals surface area contributed by atoms with Crippen molar-refractivity contribution in [1.29, 1.82) is 0 Å². The molecule has 0 aliphatic rings. The van der Waals surface area contributed by atoms with E-state index in [-0.39, 0.29) is 18.9 Å². The largest absolute Gasteiger partial charge is 0.293 e. The summed E-state index contributed by atoms with van der Waals surface area (Å²) in [5.41, 5.74) is 1.73. The van der Waals surface area contributed by atoms with Gasteiger partial charge in [-0.3, -0.25) is 9.69 Å². The summed E-state index contributed by atoms with van der Waals surface area (Å²) in [5, 5.41) is 0. The fraction of sp³-hybridized carbons (Fsp3) is 0.462. The summed E-state index contributed by atoms with van der Waals surface area (Å²) in [7, 11) is 1.52. The molecule has 1 aromatic rings. The van der Waals surface area contributed by atoms with Crippen molar-refractivity contribution < 1.29 is 13.6 Å². The van der Waals surface area contributed by atoms with Gasteiger partial charge < -0.3 is 0 Å². The van der Waals surface area contributed by atoms with Crippen molar-refractivity contribution in [2.45, 2.75) is 19.8 Å². The van der Waals surface area contributed by atoms with Crippen LogP contribution in [-0.2, 0) is 6.42 Å². The zero-order valence-electron chi connectivity index (χ0n) is 10.1. The lowest BCUT2D eigenvalue weighted by atomic mass is 10.1. The molecule has 0 amide bonds. The number of aryl methyl sites for hydroxylation is 1. The van der Waals surface area contributed by atoms with E-state index in [4.69, 9.17) is 0 Å². The molecule has 1 rings (SSSR count). The van der Waals surface area contributed by atoms with Crippen molar-refractivity contribution in [3.63, 3.8) is 0 Å². The van der Waals surface area contributed by atoms with Gasteiger partial charge in [0.1, 0.15) is 0 Å². The SMILES string of the molecule is CCc1ccc(C(=O)CN(C)CC(F)F)cc1. The maximum atomic E-state index is 12.1. The van der Waals surface area contributed by atoms with Crippen LogP contribution in [0.15, 0.2) is 24.3 Å². The van der Waals surface area contributed by atoms with E-state index in [9.17, 15) is 13.6 Å². The van der Waals surface area contributed by atoms with Gasteiger partial charge in [0.2, 0.25) is 0 Å². The number of hydrogen-bond acceptors (Lipinski definition) is 2. The second-order valence-corrected chi connectivity index (χ2v) is 4.06. The number of alkyl halides is 2. The summed E-state index contributed by atoms with van der Waals surface area (Å²) in [4.78, 5) is 13.1. The molecule has 0 spiro atoms. The Bertz CT molecular complexity index is 362. The van der Waals surface area contributed by atoms with Crippen LogP contribution < -0.4 is 0 Å². The van der Waals surface area contributed by atoms with Gasteiger partial charge in [-0.1, -0.05) is 31.2 Å². The molecule has 0 heterocycles. The molecule has 0 radical (unpaired) electrons. The summed E-state index contributed by atoms with van der Waals surface area (Å²) in [5.74, 6) is -0.129. The molecule has 94 valence electrons. The quantitative estimate of drug-likeness (QED) is 0.714. The normalized spacial score (nSPS) is 11.2. The van der Waals surface area contributed by atoms with Gasteiger partial charge in [0.15, 0.2) is 5.78 Å². The van der Waals surface area contributed by atoms with E-state index < -0.39 is 6.43 Å². The highest BCUT2D eigenvalue weighted by atomic mass is 19.3. The molecule has 0 aliphatic heterocycles. The lowest BCUT2D eigenvalue weighted by molar-refractivity contribution is 0.0820. The van der Waals surface area contributed by atoms with Crippen molar-refractivity contribution >= 4 is 5.78 Å². The van der Waals surface area contributed by atoms with Crippen molar-refractivity contribution in [1.82, 2.24) is 4.90 Å². The molecule has 0 unspecified atom stereocenters. The lowest BCUT2D eigenvalue weighted by Crippen LogP contribution is -2.30. The van der Waals surface area contributed by atoms with Crippen LogP contribution in [0.25, 0.3) is 0 Å². The fourth-order valence-electron chi connectivity index (χ4n) is 1.56. The Hall–Kier alpha value is -1.29. The fourth-order valence-corrected chi connectivity index (χ4v) is 1.56. The predicted molar refractivity (Wildman–Crippen MR) is 63.7 cm³/mol. The summed E-state index contributed by atoms with van der Waals surface area (Å²) in [6, 6.07) is 7.27. The summed E-state index contributed by atoms with van der Waals surface area (Å²) >= 11 is 0. The number of hydrogen-bond donors (Lipinski definition) is 0. The molecule has 0 saturated carbocycles. The van der Waals surface area contributed by atoms with Crippen molar-refractivity contribution in [2.75, 3.05) is 20.1 Å². The molecule has 2 nitrogen and oxygen atoms in total. The number of ketones is 1. The Morgan fingerprint density at radius 3 is 2.35 bits per heavy atom. The Morgan fingerprint density at radius 1 is 1.29 bits per heavy atom. The average molecular weight is 241 g/mol. The Morgan fingerprint density at radius 2 is 1.88 bits per heavy atom. The van der Waals surface area contributed by atoms with Crippen molar-refractivity contribution in [3.8, 4) is 0 Å². The first-order valence-electron chi connectivity index (χ1n) is 5.61. The van der Waals surface area contributed by atoms with Crippen LogP contribution in [0.1, 0.15) is 22.8 Å². The van der Waals surface area contributed by atoms with Crippen LogP contribution in [0.5, 0.6) is 0 Å². The topological polar surface area (TPSA) is 20.3 Å². The summed E-state index contributed by atoms with van der Waals surface area (Å²) < 4.78 is 24.2. The third-order valence-corrected chi connectivity index (χ3v) is 2.55. The highest BCUT2D eigenvalue weighted by molar-refractivity contribution is 5.97. The number of carbonyl (C=O) groups is 1. The number of nitrogens with zero attached hydrogens (tertiary/aromatic N) is 1. The van der Waals surface area contributed by atoms with E-state index in [0.29, 0.717) is 5.56 Å². The maximum Gasteiger partial charge on any atom is 0.251 e. The molecule has 4 heteroatoms. The molecule has 1 aromatic carbocycles. The standard InChI is InChI=1S/C13H17F2NO/c1-3-10-4-6-11(7-5-10)12(17)8-16(2)9-13(14)15/h4-7,13H,3,8-9H2,1-2H3. The third kappa shape index (κ3) is 4.61. The second-order valence-electron chi connectivity index (χ2n) is 4.06. The second kappa shape index (κ2) is 6.45. The Labute approximate surface area is 100 Å². The lowest BCUT2D eigenvalue weighted by Gasteiger charge is -2.14. The minimum Gasteiger partial charge on any atom is -0.293 e. The maximum absolute atomic E-state index is 12.1. The molecule has 0 fully saturated rings. The smallest absolute Gasteiger partial charge is 0.251 e. The molecule has 0 aliphatic carbocycles. The minimum atomic E-state index is -2.41. The van der Waals surface area contributed by atoms with Gasteiger partial charge in [-0.15, -0.1) is 0 Å². The zero-order valence-corrected chi connectivity index (χ0v) is 10.1. The van der Waals surface area contributed by atoms with E-state index >= 15 is 0 Å². The first-order valence-corrected chi connectivity index (χ1v) is 5.61. The first kappa shape index (κ1) is 13.8. The van der Waals surface area contributed by atoms with Crippen LogP contribution in [0.4, 0.5) is 8.78 Å². The van der Waals surface area contributed by atoms with Gasteiger partial charge in [0.25, 0.3) is 6.43 Å². The first-order chi connectivity index (χ1) is 8.02. The zero-order chi connectivity index (χ0) is 12.8. The van der Waals surface area contributed by atoms with Gasteiger partial charge >= 0.3 is 0 Å². The number of carbonyl (C=O) groups excluding carboxylic acids is 1. The van der Waals surface area contributed by atoms with Crippen LogP contribution in [0.2, 0.25) is 0 Å². The van der Waals surface area contributed by atoms with Crippen LogP contribution in [-0.4, -0.2) is 37.2 Å². The highest BCUT2D eigenvalue weighted by Crippen LogP contribution is 2.07. The molecule has 0 saturated heterocycles. The summed E-state index contributed by atoms with van der Waals surface area (Å²) in [6.45, 7) is 1.68. The van der Waals surface area contributed by atoms with E-state index in [1.165, 1.54) is 11.9 Å². The van der Waals surface area contributed by atoms with Gasteiger partial charge in [-0.25, -0.2) is 8.78 Å². The van der Waals surface area contributed by atoms with E-state index in [0.717, 1.165) is 12.0 Å². The predicted octanol–water partition coefficient (Wildman–Crippen LogP) is 2.63. The molecule has 0 aromatic heterocycles. The van der Waals surface area contributed by atoms with Crippen LogP contribution >= 0.6 is 0 Å². The summed E-state index contributed by atoms with van der Waals surface area (Å²) in [6.07, 6.45) is -1.49. The minimum absolute atomic E-state index is 0.0236. The van der Waals surface area contributed by atoms with Gasteiger partial charge in [0.05, 0.1) is 13.1 Å². The van der Waals surface area contributed by atoms with Crippen LogP contribution in [0.3, 0.4) is 0 Å². The Kier molecular flexibility index (Phi) is 5.22. The van der Waals surface area contributed by atoms with E-state index in [2.05, 4.69) is 0 Å². The number of rotatable bonds is 6. The average Bonchev–Trinajstić information content (AvgIpc) is 2.28. The number of likely N-dealkylation sites (N-methyl/N-ethyl adjacent to an activating group) is 1. The number of benzene rings is 1. The van der Waals surface area contributed by atoms with E-state index in [1.54, 1.807) is 12.1 Å².